The maximum Gasteiger partial charge on any atom is 0.227 e. The van der Waals surface area contributed by atoms with Crippen molar-refractivity contribution in [2.24, 2.45) is 5.92 Å². The van der Waals surface area contributed by atoms with Crippen molar-refractivity contribution in [2.75, 3.05) is 23.3 Å². The Balaban J connectivity index is 1.35. The molecule has 0 radical (unpaired) electrons. The summed E-state index contributed by atoms with van der Waals surface area (Å²) in [5, 5.41) is 12.5. The van der Waals surface area contributed by atoms with Crippen LogP contribution in [0.2, 0.25) is 5.02 Å². The molecule has 0 bridgehead atoms. The van der Waals surface area contributed by atoms with Gasteiger partial charge in [0.1, 0.15) is 0 Å². The van der Waals surface area contributed by atoms with E-state index in [2.05, 4.69) is 20.4 Å². The van der Waals surface area contributed by atoms with Crippen molar-refractivity contribution in [2.45, 2.75) is 19.8 Å². The molecule has 1 fully saturated rings. The highest BCUT2D eigenvalue weighted by molar-refractivity contribution is 6.31. The Morgan fingerprint density at radius 1 is 1.00 bits per heavy atom. The van der Waals surface area contributed by atoms with Crippen LogP contribution in [0.1, 0.15) is 18.4 Å². The second kappa shape index (κ2) is 8.62. The van der Waals surface area contributed by atoms with E-state index in [0.717, 1.165) is 54.3 Å². The maximum absolute atomic E-state index is 12.7. The van der Waals surface area contributed by atoms with Gasteiger partial charge >= 0.3 is 0 Å². The van der Waals surface area contributed by atoms with Crippen molar-refractivity contribution < 1.29 is 4.79 Å². The summed E-state index contributed by atoms with van der Waals surface area (Å²) in [6, 6.07) is 19.6. The quantitative estimate of drug-likeness (QED) is 0.665. The van der Waals surface area contributed by atoms with E-state index < -0.39 is 0 Å². The average molecular weight is 407 g/mol. The van der Waals surface area contributed by atoms with Gasteiger partial charge in [-0.25, -0.2) is 0 Å². The zero-order valence-corrected chi connectivity index (χ0v) is 17.1. The Hall–Kier alpha value is -2.92. The number of aromatic nitrogens is 2. The number of nitrogens with one attached hydrogen (secondary N) is 1. The van der Waals surface area contributed by atoms with E-state index in [1.54, 1.807) is 0 Å². The first kappa shape index (κ1) is 19.4. The van der Waals surface area contributed by atoms with Gasteiger partial charge in [0.2, 0.25) is 5.91 Å². The second-order valence-electron chi connectivity index (χ2n) is 7.31. The van der Waals surface area contributed by atoms with Crippen LogP contribution in [-0.2, 0) is 4.79 Å². The molecular formula is C23H23ClN4O. The van der Waals surface area contributed by atoms with Crippen molar-refractivity contribution in [3.8, 4) is 11.3 Å². The summed E-state index contributed by atoms with van der Waals surface area (Å²) in [4.78, 5) is 14.9. The summed E-state index contributed by atoms with van der Waals surface area (Å²) in [5.74, 6) is 0.899. The minimum atomic E-state index is -0.0128. The van der Waals surface area contributed by atoms with Crippen LogP contribution in [0.4, 0.5) is 11.5 Å². The van der Waals surface area contributed by atoms with E-state index >= 15 is 0 Å². The van der Waals surface area contributed by atoms with Gasteiger partial charge in [-0.05, 0) is 49.6 Å². The van der Waals surface area contributed by atoms with Gasteiger partial charge < -0.3 is 10.2 Å². The first-order valence-corrected chi connectivity index (χ1v) is 10.2. The van der Waals surface area contributed by atoms with Crippen molar-refractivity contribution in [1.82, 2.24) is 10.2 Å². The molecule has 6 heteroatoms. The number of anilines is 2. The standard InChI is InChI=1S/C23H23ClN4O/c1-16-19(24)8-5-9-20(16)25-23(29)18-12-14-28(15-13-18)22-11-10-21(26-27-22)17-6-3-2-4-7-17/h2-11,18H,12-15H2,1H3,(H,25,29). The molecule has 148 valence electrons. The number of hydrogen-bond donors (Lipinski definition) is 1. The Kier molecular flexibility index (Phi) is 5.76. The van der Waals surface area contributed by atoms with Gasteiger partial charge in [0.15, 0.2) is 5.82 Å². The Morgan fingerprint density at radius 2 is 1.76 bits per heavy atom. The van der Waals surface area contributed by atoms with Crippen molar-refractivity contribution in [3.05, 3.63) is 71.2 Å². The highest BCUT2D eigenvalue weighted by Gasteiger charge is 2.26. The third-order valence-electron chi connectivity index (χ3n) is 5.44. The largest absolute Gasteiger partial charge is 0.355 e. The molecule has 0 aliphatic carbocycles. The minimum Gasteiger partial charge on any atom is -0.355 e. The lowest BCUT2D eigenvalue weighted by molar-refractivity contribution is -0.120. The molecule has 1 N–H and O–H groups in total. The van der Waals surface area contributed by atoms with Crippen molar-refractivity contribution in [1.29, 1.82) is 0 Å². The van der Waals surface area contributed by atoms with Crippen LogP contribution in [0.3, 0.4) is 0 Å². The highest BCUT2D eigenvalue weighted by Crippen LogP contribution is 2.27. The van der Waals surface area contributed by atoms with Gasteiger partial charge in [-0.1, -0.05) is 48.0 Å². The van der Waals surface area contributed by atoms with Crippen molar-refractivity contribution in [3.63, 3.8) is 0 Å². The number of carbonyl (C=O) groups excluding carboxylic acids is 1. The summed E-state index contributed by atoms with van der Waals surface area (Å²) < 4.78 is 0. The summed E-state index contributed by atoms with van der Waals surface area (Å²) in [6.45, 7) is 3.48. The van der Waals surface area contributed by atoms with E-state index in [9.17, 15) is 4.79 Å². The summed E-state index contributed by atoms with van der Waals surface area (Å²) in [6.07, 6.45) is 1.57. The number of benzene rings is 2. The number of rotatable bonds is 4. The Morgan fingerprint density at radius 3 is 2.45 bits per heavy atom. The number of piperidine rings is 1. The number of amides is 1. The smallest absolute Gasteiger partial charge is 0.227 e. The van der Waals surface area contributed by atoms with Crippen LogP contribution in [0.25, 0.3) is 11.3 Å². The molecule has 1 aliphatic rings. The molecule has 0 spiro atoms. The molecule has 2 aromatic carbocycles. The van der Waals surface area contributed by atoms with Crippen molar-refractivity contribution >= 4 is 29.0 Å². The minimum absolute atomic E-state index is 0.0128. The van der Waals surface area contributed by atoms with Gasteiger partial charge in [0.25, 0.3) is 0 Å². The SMILES string of the molecule is Cc1c(Cl)cccc1NC(=O)C1CCN(c2ccc(-c3ccccc3)nn2)CC1. The summed E-state index contributed by atoms with van der Waals surface area (Å²) in [7, 11) is 0. The molecule has 1 aromatic heterocycles. The van der Waals surface area contributed by atoms with Gasteiger partial charge in [0.05, 0.1) is 5.69 Å². The average Bonchev–Trinajstić information content (AvgIpc) is 2.78. The number of carbonyl (C=O) groups is 1. The number of hydrogen-bond acceptors (Lipinski definition) is 4. The van der Waals surface area contributed by atoms with Gasteiger partial charge in [-0.3, -0.25) is 4.79 Å². The normalized spacial score (nSPS) is 14.6. The van der Waals surface area contributed by atoms with Crippen LogP contribution in [-0.4, -0.2) is 29.2 Å². The molecule has 0 saturated carbocycles. The third kappa shape index (κ3) is 4.40. The van der Waals surface area contributed by atoms with E-state index in [-0.39, 0.29) is 11.8 Å². The predicted molar refractivity (Wildman–Crippen MR) is 117 cm³/mol. The highest BCUT2D eigenvalue weighted by atomic mass is 35.5. The first-order chi connectivity index (χ1) is 14.1. The Labute approximate surface area is 175 Å². The van der Waals surface area contributed by atoms with Crippen LogP contribution < -0.4 is 10.2 Å². The molecular weight excluding hydrogens is 384 g/mol. The second-order valence-corrected chi connectivity index (χ2v) is 7.71. The fraction of sp³-hybridized carbons (Fsp3) is 0.261. The first-order valence-electron chi connectivity index (χ1n) is 9.82. The molecule has 1 saturated heterocycles. The number of halogens is 1. The van der Waals surface area contributed by atoms with Gasteiger partial charge in [0, 0.05) is 35.3 Å². The molecule has 3 aromatic rings. The Bertz CT molecular complexity index is 984. The molecule has 1 aliphatic heterocycles. The predicted octanol–water partition coefficient (Wildman–Crippen LogP) is 4.96. The summed E-state index contributed by atoms with van der Waals surface area (Å²) in [5.41, 5.74) is 3.60. The van der Waals surface area contributed by atoms with E-state index in [1.165, 1.54) is 0 Å². The van der Waals surface area contributed by atoms with Crippen LogP contribution >= 0.6 is 11.6 Å². The monoisotopic (exact) mass is 406 g/mol. The lowest BCUT2D eigenvalue weighted by Crippen LogP contribution is -2.38. The molecule has 2 heterocycles. The van der Waals surface area contributed by atoms with Crippen LogP contribution in [0.5, 0.6) is 0 Å². The topological polar surface area (TPSA) is 58.1 Å². The lowest BCUT2D eigenvalue weighted by Gasteiger charge is -2.32. The molecule has 0 unspecified atom stereocenters. The molecule has 5 nitrogen and oxygen atoms in total. The zero-order valence-electron chi connectivity index (χ0n) is 16.3. The van der Waals surface area contributed by atoms with Gasteiger partial charge in [-0.15, -0.1) is 10.2 Å². The zero-order chi connectivity index (χ0) is 20.2. The van der Waals surface area contributed by atoms with Gasteiger partial charge in [-0.2, -0.15) is 0 Å². The molecule has 0 atom stereocenters. The van der Waals surface area contributed by atoms with E-state index in [1.807, 2.05) is 67.6 Å². The van der Waals surface area contributed by atoms with E-state index in [4.69, 9.17) is 11.6 Å². The van der Waals surface area contributed by atoms with Crippen LogP contribution in [0, 0.1) is 12.8 Å². The third-order valence-corrected chi connectivity index (χ3v) is 5.84. The maximum atomic E-state index is 12.7. The number of nitrogens with zero attached hydrogens (tertiary/aromatic N) is 3. The van der Waals surface area contributed by atoms with Crippen LogP contribution in [0.15, 0.2) is 60.7 Å². The molecule has 1 amide bonds. The molecule has 29 heavy (non-hydrogen) atoms. The fourth-order valence-corrected chi connectivity index (χ4v) is 3.78. The molecule has 4 rings (SSSR count). The lowest BCUT2D eigenvalue weighted by atomic mass is 9.95. The summed E-state index contributed by atoms with van der Waals surface area (Å²) >= 11 is 6.15. The van der Waals surface area contributed by atoms with E-state index in [0.29, 0.717) is 5.02 Å². The fourth-order valence-electron chi connectivity index (χ4n) is 3.61.